The maximum Gasteiger partial charge on any atom is 0.142 e. The van der Waals surface area contributed by atoms with Gasteiger partial charge in [0, 0.05) is 25.5 Å². The summed E-state index contributed by atoms with van der Waals surface area (Å²) in [5.74, 6) is 1.07. The third-order valence-corrected chi connectivity index (χ3v) is 6.45. The van der Waals surface area contributed by atoms with Gasteiger partial charge in [-0.2, -0.15) is 0 Å². The Bertz CT molecular complexity index is 800. The van der Waals surface area contributed by atoms with E-state index in [4.69, 9.17) is 15.7 Å². The molecule has 28 heavy (non-hydrogen) atoms. The van der Waals surface area contributed by atoms with Crippen molar-refractivity contribution in [3.63, 3.8) is 0 Å². The van der Waals surface area contributed by atoms with Crippen molar-refractivity contribution in [3.05, 3.63) is 51.9 Å². The third kappa shape index (κ3) is 4.24. The minimum atomic E-state index is 0.282. The van der Waals surface area contributed by atoms with Crippen LogP contribution in [0.1, 0.15) is 49.9 Å². The van der Waals surface area contributed by atoms with E-state index in [9.17, 15) is 0 Å². The lowest BCUT2D eigenvalue weighted by molar-refractivity contribution is 0.161. The molecule has 4 rings (SSSR count). The molecule has 0 fully saturated rings. The molecule has 1 aromatic heterocycles. The minimum absolute atomic E-state index is 0.282. The first kappa shape index (κ1) is 19.8. The van der Waals surface area contributed by atoms with Gasteiger partial charge in [-0.25, -0.2) is 0 Å². The van der Waals surface area contributed by atoms with Gasteiger partial charge in [0.15, 0.2) is 0 Å². The maximum absolute atomic E-state index is 5.76. The Kier molecular flexibility index (Phi) is 6.28. The summed E-state index contributed by atoms with van der Waals surface area (Å²) in [6.07, 6.45) is 12.1. The van der Waals surface area contributed by atoms with Crippen molar-refractivity contribution < 1.29 is 0 Å². The monoisotopic (exact) mass is 443 g/mol. The second-order valence-corrected chi connectivity index (χ2v) is 8.93. The van der Waals surface area contributed by atoms with Gasteiger partial charge in [-0.05, 0) is 91.3 Å². The van der Waals surface area contributed by atoms with Crippen LogP contribution in [0.4, 0.5) is 0 Å². The highest BCUT2D eigenvalue weighted by molar-refractivity contribution is 9.12. The number of rotatable bonds is 7. The number of aliphatic imine (C=N–C) groups is 1. The smallest absolute Gasteiger partial charge is 0.142 e. The molecule has 6 heteroatoms. The van der Waals surface area contributed by atoms with Gasteiger partial charge in [-0.1, -0.05) is 6.07 Å². The number of unbranched alkanes of at least 4 members (excludes halogenated alkanes) is 1. The standard InChI is InChI=1S/C22H30BrN5/c1-16-12-19(23)22-26-18(15-28(22)13-16)14-27(11-3-2-9-24)20-8-4-6-17-7-5-10-25-21(17)20/h5,7,10,12-13,18,20H,2-4,6,8-9,11,14-15,24H2,1H3. The number of aromatic nitrogens is 1. The van der Waals surface area contributed by atoms with Crippen molar-refractivity contribution in [2.75, 3.05) is 26.2 Å². The molecule has 0 radical (unpaired) electrons. The van der Waals surface area contributed by atoms with E-state index in [1.807, 2.05) is 6.20 Å². The van der Waals surface area contributed by atoms with Crippen LogP contribution in [0.5, 0.6) is 0 Å². The van der Waals surface area contributed by atoms with Crippen LogP contribution < -0.4 is 5.73 Å². The first-order valence-electron chi connectivity index (χ1n) is 10.4. The molecular weight excluding hydrogens is 414 g/mol. The molecule has 0 saturated heterocycles. The SMILES string of the molecule is CC1=CN2CC(CN(CCCCN)C3CCCc4cccnc43)N=C2C(Br)=C1. The minimum Gasteiger partial charge on any atom is -0.330 e. The average Bonchev–Trinajstić information content (AvgIpc) is 3.10. The summed E-state index contributed by atoms with van der Waals surface area (Å²) >= 11 is 3.69. The molecule has 2 atom stereocenters. The van der Waals surface area contributed by atoms with Gasteiger partial charge < -0.3 is 10.6 Å². The van der Waals surface area contributed by atoms with E-state index in [-0.39, 0.29) is 6.04 Å². The van der Waals surface area contributed by atoms with Crippen molar-refractivity contribution in [2.24, 2.45) is 10.7 Å². The molecule has 0 amide bonds. The molecule has 0 saturated carbocycles. The molecule has 0 bridgehead atoms. The van der Waals surface area contributed by atoms with Crippen LogP contribution in [0.25, 0.3) is 0 Å². The van der Waals surface area contributed by atoms with Crippen LogP contribution in [-0.2, 0) is 6.42 Å². The van der Waals surface area contributed by atoms with Gasteiger partial charge in [0.2, 0.25) is 0 Å². The van der Waals surface area contributed by atoms with Gasteiger partial charge in [0.05, 0.1) is 22.3 Å². The van der Waals surface area contributed by atoms with E-state index in [0.29, 0.717) is 6.04 Å². The van der Waals surface area contributed by atoms with E-state index in [1.165, 1.54) is 29.7 Å². The average molecular weight is 444 g/mol. The molecule has 3 heterocycles. The van der Waals surface area contributed by atoms with E-state index in [0.717, 1.165) is 55.8 Å². The van der Waals surface area contributed by atoms with Gasteiger partial charge in [-0.15, -0.1) is 0 Å². The third-order valence-electron chi connectivity index (χ3n) is 5.86. The Balaban J connectivity index is 1.53. The van der Waals surface area contributed by atoms with Gasteiger partial charge in [0.25, 0.3) is 0 Å². The van der Waals surface area contributed by atoms with Crippen molar-refractivity contribution in [2.45, 2.75) is 51.1 Å². The number of hydrogen-bond acceptors (Lipinski definition) is 5. The zero-order chi connectivity index (χ0) is 19.5. The summed E-state index contributed by atoms with van der Waals surface area (Å²) in [6.45, 7) is 5.87. The summed E-state index contributed by atoms with van der Waals surface area (Å²) < 4.78 is 1.09. The lowest BCUT2D eigenvalue weighted by Crippen LogP contribution is -2.39. The molecule has 5 nitrogen and oxygen atoms in total. The zero-order valence-corrected chi connectivity index (χ0v) is 18.2. The molecule has 0 aromatic carbocycles. The van der Waals surface area contributed by atoms with Crippen molar-refractivity contribution in [1.29, 1.82) is 0 Å². The highest BCUT2D eigenvalue weighted by Gasteiger charge is 2.32. The predicted molar refractivity (Wildman–Crippen MR) is 118 cm³/mol. The first-order chi connectivity index (χ1) is 13.7. The van der Waals surface area contributed by atoms with Crippen molar-refractivity contribution in [1.82, 2.24) is 14.8 Å². The molecule has 2 aliphatic heterocycles. The molecule has 0 spiro atoms. The Morgan fingerprint density at radius 3 is 3.11 bits per heavy atom. The number of fused-ring (bicyclic) bond motifs is 2. The normalized spacial score (nSPS) is 23.9. The van der Waals surface area contributed by atoms with Crippen molar-refractivity contribution >= 4 is 21.8 Å². The first-order valence-corrected chi connectivity index (χ1v) is 11.2. The van der Waals surface area contributed by atoms with Gasteiger partial charge in [0.1, 0.15) is 5.84 Å². The van der Waals surface area contributed by atoms with Gasteiger partial charge >= 0.3 is 0 Å². The maximum atomic E-state index is 5.76. The Labute approximate surface area is 176 Å². The quantitative estimate of drug-likeness (QED) is 0.651. The number of aryl methyl sites for hydroxylation is 1. The van der Waals surface area contributed by atoms with Crippen LogP contribution in [0.2, 0.25) is 0 Å². The Morgan fingerprint density at radius 1 is 1.36 bits per heavy atom. The number of nitrogens with zero attached hydrogens (tertiary/aromatic N) is 4. The van der Waals surface area contributed by atoms with Crippen LogP contribution in [0.15, 0.2) is 45.7 Å². The predicted octanol–water partition coefficient (Wildman–Crippen LogP) is 3.78. The fourth-order valence-electron chi connectivity index (χ4n) is 4.60. The molecule has 150 valence electrons. The van der Waals surface area contributed by atoms with Crippen LogP contribution in [-0.4, -0.2) is 52.8 Å². The van der Waals surface area contributed by atoms with E-state index < -0.39 is 0 Å². The lowest BCUT2D eigenvalue weighted by atomic mass is 9.90. The highest BCUT2D eigenvalue weighted by atomic mass is 79.9. The van der Waals surface area contributed by atoms with E-state index in [1.54, 1.807) is 0 Å². The lowest BCUT2D eigenvalue weighted by Gasteiger charge is -2.36. The topological polar surface area (TPSA) is 57.8 Å². The van der Waals surface area contributed by atoms with E-state index in [2.05, 4.69) is 57.1 Å². The second-order valence-electron chi connectivity index (χ2n) is 8.07. The summed E-state index contributed by atoms with van der Waals surface area (Å²) in [5.41, 5.74) is 9.72. The summed E-state index contributed by atoms with van der Waals surface area (Å²) in [5, 5.41) is 0. The molecule has 2 N–H and O–H groups in total. The number of nitrogens with two attached hydrogens (primary N) is 1. The fourth-order valence-corrected chi connectivity index (χ4v) is 5.30. The molecule has 1 aromatic rings. The molecule has 2 unspecified atom stereocenters. The highest BCUT2D eigenvalue weighted by Crippen LogP contribution is 2.34. The Morgan fingerprint density at radius 2 is 2.25 bits per heavy atom. The number of allylic oxidation sites excluding steroid dienone is 2. The molecule has 3 aliphatic rings. The number of pyridine rings is 1. The van der Waals surface area contributed by atoms with Crippen LogP contribution in [0.3, 0.4) is 0 Å². The summed E-state index contributed by atoms with van der Waals surface area (Å²) in [4.78, 5) is 14.7. The fraction of sp³-hybridized carbons (Fsp3) is 0.545. The number of amidine groups is 1. The summed E-state index contributed by atoms with van der Waals surface area (Å²) in [6, 6.07) is 5.00. The molecule has 1 aliphatic carbocycles. The van der Waals surface area contributed by atoms with Gasteiger partial charge in [-0.3, -0.25) is 14.9 Å². The van der Waals surface area contributed by atoms with Crippen LogP contribution in [0, 0.1) is 0 Å². The second kappa shape index (κ2) is 8.89. The number of halogens is 1. The van der Waals surface area contributed by atoms with Crippen molar-refractivity contribution in [3.8, 4) is 0 Å². The largest absolute Gasteiger partial charge is 0.330 e. The van der Waals surface area contributed by atoms with E-state index >= 15 is 0 Å². The van der Waals surface area contributed by atoms with Crippen LogP contribution >= 0.6 is 15.9 Å². The Hall–Kier alpha value is -1.50. The number of hydrogen-bond donors (Lipinski definition) is 1. The zero-order valence-electron chi connectivity index (χ0n) is 16.6. The summed E-state index contributed by atoms with van der Waals surface area (Å²) in [7, 11) is 0. The molecular formula is C22H30BrN5.